The van der Waals surface area contributed by atoms with Crippen molar-refractivity contribution in [2.75, 3.05) is 19.7 Å². The Morgan fingerprint density at radius 2 is 2.04 bits per heavy atom. The molecule has 1 aliphatic heterocycles. The first-order chi connectivity index (χ1) is 10.9. The molecule has 1 saturated heterocycles. The Morgan fingerprint density at radius 1 is 1.30 bits per heavy atom. The highest BCUT2D eigenvalue weighted by Gasteiger charge is 2.26. The monoisotopic (exact) mass is 321 g/mol. The van der Waals surface area contributed by atoms with Crippen LogP contribution in [0.2, 0.25) is 0 Å². The fourth-order valence-corrected chi connectivity index (χ4v) is 2.56. The Bertz CT molecular complexity index is 480. The topological polar surface area (TPSA) is 64.5 Å². The van der Waals surface area contributed by atoms with Crippen LogP contribution in [-0.2, 0) is 16.1 Å². The van der Waals surface area contributed by atoms with E-state index in [1.54, 1.807) is 18.6 Å². The van der Waals surface area contributed by atoms with E-state index in [9.17, 15) is 4.79 Å². The zero-order valence-electron chi connectivity index (χ0n) is 14.3. The summed E-state index contributed by atoms with van der Waals surface area (Å²) in [5.74, 6) is 0.607. The quantitative estimate of drug-likeness (QED) is 0.780. The summed E-state index contributed by atoms with van der Waals surface area (Å²) in [6.07, 6.45) is 7.88. The average molecular weight is 321 g/mol. The molecule has 0 saturated carbocycles. The summed E-state index contributed by atoms with van der Waals surface area (Å²) in [6, 6.07) is 0. The van der Waals surface area contributed by atoms with Gasteiger partial charge in [-0.05, 0) is 46.0 Å². The molecule has 23 heavy (non-hydrogen) atoms. The van der Waals surface area contributed by atoms with E-state index in [1.165, 1.54) is 0 Å². The lowest BCUT2D eigenvalue weighted by Gasteiger charge is -2.33. The van der Waals surface area contributed by atoms with Crippen molar-refractivity contribution in [1.82, 2.24) is 14.9 Å². The number of rotatable bonds is 5. The largest absolute Gasteiger partial charge is 0.444 e. The number of aromatic nitrogens is 2. The molecule has 6 heteroatoms. The second-order valence-corrected chi connectivity index (χ2v) is 6.95. The molecule has 0 radical (unpaired) electrons. The molecule has 0 atom stereocenters. The molecule has 1 aromatic heterocycles. The van der Waals surface area contributed by atoms with Crippen LogP contribution in [0.4, 0.5) is 4.79 Å². The molecule has 128 valence electrons. The highest BCUT2D eigenvalue weighted by atomic mass is 16.6. The van der Waals surface area contributed by atoms with E-state index in [-0.39, 0.29) is 6.09 Å². The summed E-state index contributed by atoms with van der Waals surface area (Å²) < 4.78 is 11.1. The van der Waals surface area contributed by atoms with Gasteiger partial charge < -0.3 is 14.4 Å². The zero-order valence-corrected chi connectivity index (χ0v) is 14.3. The predicted octanol–water partition coefficient (Wildman–Crippen LogP) is 3.03. The summed E-state index contributed by atoms with van der Waals surface area (Å²) >= 11 is 0. The highest BCUT2D eigenvalue weighted by Crippen LogP contribution is 2.22. The summed E-state index contributed by atoms with van der Waals surface area (Å²) in [5, 5.41) is 0. The number of nitrogens with zero attached hydrogens (tertiary/aromatic N) is 3. The van der Waals surface area contributed by atoms with Crippen molar-refractivity contribution in [2.45, 2.75) is 52.2 Å². The second kappa shape index (κ2) is 8.24. The summed E-state index contributed by atoms with van der Waals surface area (Å²) in [7, 11) is 0. The van der Waals surface area contributed by atoms with Crippen LogP contribution in [0.5, 0.6) is 0 Å². The highest BCUT2D eigenvalue weighted by molar-refractivity contribution is 5.68. The Kier molecular flexibility index (Phi) is 6.33. The van der Waals surface area contributed by atoms with Crippen molar-refractivity contribution in [3.63, 3.8) is 0 Å². The van der Waals surface area contributed by atoms with Crippen LogP contribution in [-0.4, -0.2) is 46.3 Å². The van der Waals surface area contributed by atoms with Gasteiger partial charge >= 0.3 is 6.09 Å². The van der Waals surface area contributed by atoms with Crippen molar-refractivity contribution in [1.29, 1.82) is 0 Å². The van der Waals surface area contributed by atoms with Crippen LogP contribution in [0.1, 0.15) is 45.7 Å². The van der Waals surface area contributed by atoms with Crippen molar-refractivity contribution < 1.29 is 14.3 Å². The van der Waals surface area contributed by atoms with E-state index in [1.807, 2.05) is 25.7 Å². The third-order valence-electron chi connectivity index (χ3n) is 3.80. The fraction of sp³-hybridized carbons (Fsp3) is 0.706. The minimum absolute atomic E-state index is 0.199. The van der Waals surface area contributed by atoms with Gasteiger partial charge in [-0.1, -0.05) is 0 Å². The van der Waals surface area contributed by atoms with Gasteiger partial charge in [0.15, 0.2) is 0 Å². The SMILES string of the molecule is CC(C)(C)OC(=O)N1CCC(CCOCc2cnccn2)CC1. The number of hydrogen-bond donors (Lipinski definition) is 0. The maximum Gasteiger partial charge on any atom is 0.410 e. The van der Waals surface area contributed by atoms with Gasteiger partial charge in [-0.3, -0.25) is 9.97 Å². The molecule has 1 aliphatic rings. The van der Waals surface area contributed by atoms with Gasteiger partial charge in [0.05, 0.1) is 18.5 Å². The fourth-order valence-electron chi connectivity index (χ4n) is 2.56. The van der Waals surface area contributed by atoms with Gasteiger partial charge in [0.25, 0.3) is 0 Å². The number of carbonyl (C=O) groups excluding carboxylic acids is 1. The van der Waals surface area contributed by atoms with Gasteiger partial charge in [-0.15, -0.1) is 0 Å². The van der Waals surface area contributed by atoms with E-state index in [0.717, 1.165) is 38.0 Å². The second-order valence-electron chi connectivity index (χ2n) is 6.95. The van der Waals surface area contributed by atoms with Crippen molar-refractivity contribution in [3.8, 4) is 0 Å². The Morgan fingerprint density at radius 3 is 2.65 bits per heavy atom. The maximum absolute atomic E-state index is 12.0. The standard InChI is InChI=1S/C17H27N3O3/c1-17(2,3)23-16(21)20-9-4-14(5-10-20)6-11-22-13-15-12-18-7-8-19-15/h7-8,12,14H,4-6,9-11,13H2,1-3H3. The average Bonchev–Trinajstić information content (AvgIpc) is 2.51. The number of amides is 1. The molecule has 1 amide bonds. The molecule has 6 nitrogen and oxygen atoms in total. The molecule has 0 N–H and O–H groups in total. The molecule has 0 spiro atoms. The van der Waals surface area contributed by atoms with Crippen molar-refractivity contribution in [2.24, 2.45) is 5.92 Å². The Hall–Kier alpha value is -1.69. The summed E-state index contributed by atoms with van der Waals surface area (Å²) in [6.45, 7) is 8.44. The van der Waals surface area contributed by atoms with Crippen LogP contribution in [0.25, 0.3) is 0 Å². The van der Waals surface area contributed by atoms with Gasteiger partial charge in [0.2, 0.25) is 0 Å². The minimum Gasteiger partial charge on any atom is -0.444 e. The molecule has 2 rings (SSSR count). The number of likely N-dealkylation sites (tertiary alicyclic amines) is 1. The molecule has 1 aromatic rings. The molecule has 0 unspecified atom stereocenters. The zero-order chi connectivity index (χ0) is 16.7. The molecule has 0 bridgehead atoms. The van der Waals surface area contributed by atoms with Gasteiger partial charge in [0, 0.05) is 32.1 Å². The van der Waals surface area contributed by atoms with Crippen LogP contribution < -0.4 is 0 Å². The normalized spacial score (nSPS) is 16.4. The van der Waals surface area contributed by atoms with E-state index < -0.39 is 5.60 Å². The minimum atomic E-state index is -0.428. The van der Waals surface area contributed by atoms with E-state index in [0.29, 0.717) is 19.1 Å². The van der Waals surface area contributed by atoms with E-state index >= 15 is 0 Å². The van der Waals surface area contributed by atoms with E-state index in [4.69, 9.17) is 9.47 Å². The molecular weight excluding hydrogens is 294 g/mol. The van der Waals surface area contributed by atoms with Crippen molar-refractivity contribution in [3.05, 3.63) is 24.3 Å². The first kappa shape index (κ1) is 17.7. The first-order valence-corrected chi connectivity index (χ1v) is 8.24. The van der Waals surface area contributed by atoms with Gasteiger partial charge in [0.1, 0.15) is 5.60 Å². The molecule has 0 aromatic carbocycles. The van der Waals surface area contributed by atoms with Crippen LogP contribution in [0.15, 0.2) is 18.6 Å². The number of hydrogen-bond acceptors (Lipinski definition) is 5. The Balaban J connectivity index is 1.60. The lowest BCUT2D eigenvalue weighted by atomic mass is 9.94. The smallest absolute Gasteiger partial charge is 0.410 e. The van der Waals surface area contributed by atoms with Crippen LogP contribution in [0.3, 0.4) is 0 Å². The summed E-state index contributed by atoms with van der Waals surface area (Å²) in [4.78, 5) is 22.0. The molecule has 2 heterocycles. The molecular formula is C17H27N3O3. The molecule has 0 aliphatic carbocycles. The first-order valence-electron chi connectivity index (χ1n) is 8.24. The molecule has 1 fully saturated rings. The Labute approximate surface area is 138 Å². The summed E-state index contributed by atoms with van der Waals surface area (Å²) in [5.41, 5.74) is 0.425. The van der Waals surface area contributed by atoms with E-state index in [2.05, 4.69) is 9.97 Å². The van der Waals surface area contributed by atoms with Crippen LogP contribution in [0, 0.1) is 5.92 Å². The third kappa shape index (κ3) is 6.52. The number of carbonyl (C=O) groups is 1. The van der Waals surface area contributed by atoms with Gasteiger partial charge in [-0.25, -0.2) is 4.79 Å². The van der Waals surface area contributed by atoms with Crippen molar-refractivity contribution >= 4 is 6.09 Å². The predicted molar refractivity (Wildman–Crippen MR) is 86.8 cm³/mol. The maximum atomic E-state index is 12.0. The van der Waals surface area contributed by atoms with Gasteiger partial charge in [-0.2, -0.15) is 0 Å². The van der Waals surface area contributed by atoms with Crippen LogP contribution >= 0.6 is 0 Å². The number of piperidine rings is 1. The third-order valence-corrected chi connectivity index (χ3v) is 3.80. The lowest BCUT2D eigenvalue weighted by molar-refractivity contribution is 0.0164. The lowest BCUT2D eigenvalue weighted by Crippen LogP contribution is -2.41. The number of ether oxygens (including phenoxy) is 2.